The summed E-state index contributed by atoms with van der Waals surface area (Å²) in [5.41, 5.74) is 2.28. The number of carbonyl (C=O) groups excluding carboxylic acids is 1. The molecule has 0 bridgehead atoms. The fraction of sp³-hybridized carbons (Fsp3) is 0.143. The molecule has 0 amide bonds. The summed E-state index contributed by atoms with van der Waals surface area (Å²) in [7, 11) is 1.32. The van der Waals surface area contributed by atoms with Crippen LogP contribution in [0.25, 0.3) is 21.7 Å². The van der Waals surface area contributed by atoms with Crippen molar-refractivity contribution in [2.75, 3.05) is 7.11 Å². The highest BCUT2D eigenvalue weighted by Crippen LogP contribution is 2.40. The van der Waals surface area contributed by atoms with Crippen LogP contribution in [-0.4, -0.2) is 28.2 Å². The van der Waals surface area contributed by atoms with Crippen LogP contribution in [0.2, 0.25) is 5.02 Å². The molecule has 4 aromatic rings. The molecule has 1 atom stereocenters. The third kappa shape index (κ3) is 3.90. The predicted molar refractivity (Wildman–Crippen MR) is 121 cm³/mol. The molecular formula is C21H16BrClN2O4S. The predicted octanol–water partition coefficient (Wildman–Crippen LogP) is 6.34. The number of benzene rings is 2. The first-order valence-electron chi connectivity index (χ1n) is 8.89. The average molecular weight is 508 g/mol. The summed E-state index contributed by atoms with van der Waals surface area (Å²) in [6.07, 6.45) is -0.512. The molecule has 0 aliphatic rings. The Morgan fingerprint density at radius 2 is 2.10 bits per heavy atom. The molecule has 0 aliphatic carbocycles. The van der Waals surface area contributed by atoms with Crippen LogP contribution in [-0.2, 0) is 4.74 Å². The number of rotatable bonds is 5. The zero-order valence-corrected chi connectivity index (χ0v) is 19.1. The van der Waals surface area contributed by atoms with Crippen molar-refractivity contribution in [3.05, 3.63) is 62.4 Å². The smallest absolute Gasteiger partial charge is 0.351 e. The number of H-pyrrole nitrogens is 1. The highest BCUT2D eigenvalue weighted by Gasteiger charge is 2.23. The van der Waals surface area contributed by atoms with E-state index >= 15 is 0 Å². The highest BCUT2D eigenvalue weighted by atomic mass is 79.9. The Balaban J connectivity index is 1.72. The second kappa shape index (κ2) is 8.29. The number of thiophene rings is 1. The Labute approximate surface area is 189 Å². The third-order valence-corrected chi connectivity index (χ3v) is 6.50. The van der Waals surface area contributed by atoms with Crippen molar-refractivity contribution in [2.45, 2.75) is 13.0 Å². The molecule has 6 nitrogen and oxygen atoms in total. The van der Waals surface area contributed by atoms with Crippen LogP contribution in [0.15, 0.2) is 46.9 Å². The minimum atomic E-state index is -0.512. The molecule has 9 heteroatoms. The quantitative estimate of drug-likeness (QED) is 0.308. The molecule has 2 heterocycles. The van der Waals surface area contributed by atoms with E-state index in [1.54, 1.807) is 25.1 Å². The topological polar surface area (TPSA) is 84.4 Å². The minimum Gasteiger partial charge on any atom is -0.506 e. The van der Waals surface area contributed by atoms with Crippen molar-refractivity contribution in [2.24, 2.45) is 0 Å². The molecule has 30 heavy (non-hydrogen) atoms. The Morgan fingerprint density at radius 3 is 2.87 bits per heavy atom. The van der Waals surface area contributed by atoms with E-state index in [9.17, 15) is 9.90 Å². The summed E-state index contributed by atoms with van der Waals surface area (Å²) in [6, 6.07) is 12.4. The van der Waals surface area contributed by atoms with Gasteiger partial charge in [0.25, 0.3) is 0 Å². The molecule has 4 rings (SSSR count). The maximum atomic E-state index is 12.3. The minimum absolute atomic E-state index is 0.0303. The van der Waals surface area contributed by atoms with E-state index in [-0.39, 0.29) is 10.8 Å². The number of halogens is 2. The molecule has 154 valence electrons. The van der Waals surface area contributed by atoms with Gasteiger partial charge < -0.3 is 19.6 Å². The molecule has 0 radical (unpaired) electrons. The molecule has 2 aromatic carbocycles. The summed E-state index contributed by atoms with van der Waals surface area (Å²) in [5, 5.41) is 10.1. The summed E-state index contributed by atoms with van der Waals surface area (Å²) >= 11 is 10.9. The number of phenolic OH excluding ortho intramolecular Hbond substituents is 1. The number of nitrogens with zero attached hydrogens (tertiary/aromatic N) is 1. The maximum absolute atomic E-state index is 12.3. The van der Waals surface area contributed by atoms with Crippen molar-refractivity contribution < 1.29 is 19.4 Å². The lowest BCUT2D eigenvalue weighted by Crippen LogP contribution is -2.07. The molecule has 0 spiro atoms. The van der Waals surface area contributed by atoms with E-state index < -0.39 is 12.1 Å². The SMILES string of the molecule is COC(=O)c1sc(-c2nc3ccc(Br)cc3[nH]2)cc1O[C@H](C)c1cccc(O)c1Cl. The first-order valence-corrected chi connectivity index (χ1v) is 10.9. The number of phenols is 1. The molecule has 2 aromatic heterocycles. The van der Waals surface area contributed by atoms with Crippen molar-refractivity contribution in [3.8, 4) is 22.2 Å². The number of aromatic hydroxyl groups is 1. The van der Waals surface area contributed by atoms with Crippen LogP contribution in [0.3, 0.4) is 0 Å². The second-order valence-electron chi connectivity index (χ2n) is 6.48. The largest absolute Gasteiger partial charge is 0.506 e. The summed E-state index contributed by atoms with van der Waals surface area (Å²) in [4.78, 5) is 21.2. The fourth-order valence-corrected chi connectivity index (χ4v) is 4.61. The number of carbonyl (C=O) groups is 1. The van der Waals surface area contributed by atoms with Crippen LogP contribution in [0.1, 0.15) is 28.3 Å². The van der Waals surface area contributed by atoms with Crippen molar-refractivity contribution in [1.29, 1.82) is 0 Å². The number of esters is 1. The van der Waals surface area contributed by atoms with Crippen LogP contribution < -0.4 is 4.74 Å². The van der Waals surface area contributed by atoms with E-state index in [2.05, 4.69) is 25.9 Å². The zero-order chi connectivity index (χ0) is 21.4. The van der Waals surface area contributed by atoms with Crippen LogP contribution in [0, 0.1) is 0 Å². The molecule has 2 N–H and O–H groups in total. The molecule has 0 unspecified atom stereocenters. The lowest BCUT2D eigenvalue weighted by Gasteiger charge is -2.16. The van der Waals surface area contributed by atoms with Crippen molar-refractivity contribution >= 4 is 55.9 Å². The van der Waals surface area contributed by atoms with Crippen molar-refractivity contribution in [3.63, 3.8) is 0 Å². The van der Waals surface area contributed by atoms with Gasteiger partial charge in [-0.15, -0.1) is 11.3 Å². The number of hydrogen-bond acceptors (Lipinski definition) is 6. The molecule has 0 fully saturated rings. The number of aromatic nitrogens is 2. The normalized spacial score (nSPS) is 12.1. The number of aromatic amines is 1. The zero-order valence-electron chi connectivity index (χ0n) is 15.9. The number of nitrogens with one attached hydrogen (secondary N) is 1. The van der Waals surface area contributed by atoms with Gasteiger partial charge in [-0.2, -0.15) is 0 Å². The Kier molecular flexibility index (Phi) is 5.73. The summed E-state index contributed by atoms with van der Waals surface area (Å²) in [6.45, 7) is 1.79. The van der Waals surface area contributed by atoms with Gasteiger partial charge in [-0.25, -0.2) is 9.78 Å². The lowest BCUT2D eigenvalue weighted by molar-refractivity contribution is 0.0600. The maximum Gasteiger partial charge on any atom is 0.351 e. The monoisotopic (exact) mass is 506 g/mol. The van der Waals surface area contributed by atoms with Gasteiger partial charge in [0, 0.05) is 16.1 Å². The lowest BCUT2D eigenvalue weighted by atomic mass is 10.1. The Hall–Kier alpha value is -2.55. The number of hydrogen-bond donors (Lipinski definition) is 2. The van der Waals surface area contributed by atoms with E-state index in [4.69, 9.17) is 21.1 Å². The fourth-order valence-electron chi connectivity index (χ4n) is 3.02. The Bertz CT molecular complexity index is 1250. The standard InChI is InChI=1S/C21H16BrClN2O4S/c1-10(12-4-3-5-15(26)18(12)23)29-16-9-17(30-19(16)21(27)28-2)20-24-13-7-6-11(22)8-14(13)25-20/h3-10,26H,1-2H3,(H,24,25)/t10-/m1/s1. The van der Waals surface area contributed by atoms with Gasteiger partial charge in [0.1, 0.15) is 23.4 Å². The molecular weight excluding hydrogens is 492 g/mol. The van der Waals surface area contributed by atoms with Crippen LogP contribution >= 0.6 is 38.9 Å². The van der Waals surface area contributed by atoms with Gasteiger partial charge in [-0.1, -0.05) is 39.7 Å². The van der Waals surface area contributed by atoms with Gasteiger partial charge in [0.05, 0.1) is 28.0 Å². The molecule has 0 aliphatic heterocycles. The third-order valence-electron chi connectivity index (χ3n) is 4.50. The van der Waals surface area contributed by atoms with E-state index in [0.29, 0.717) is 22.0 Å². The van der Waals surface area contributed by atoms with Crippen LogP contribution in [0.5, 0.6) is 11.5 Å². The van der Waals surface area contributed by atoms with E-state index in [1.165, 1.54) is 24.5 Å². The number of methoxy groups -OCH3 is 1. The van der Waals surface area contributed by atoms with Gasteiger partial charge in [-0.3, -0.25) is 0 Å². The first-order chi connectivity index (χ1) is 14.4. The van der Waals surface area contributed by atoms with Gasteiger partial charge in [0.15, 0.2) is 4.88 Å². The van der Waals surface area contributed by atoms with Crippen LogP contribution in [0.4, 0.5) is 0 Å². The number of imidazole rings is 1. The molecule has 0 saturated carbocycles. The van der Waals surface area contributed by atoms with E-state index in [1.807, 2.05) is 18.2 Å². The van der Waals surface area contributed by atoms with Gasteiger partial charge >= 0.3 is 5.97 Å². The Morgan fingerprint density at radius 1 is 1.30 bits per heavy atom. The first kappa shape index (κ1) is 20.7. The second-order valence-corrected chi connectivity index (χ2v) is 8.83. The van der Waals surface area contributed by atoms with Gasteiger partial charge in [0.2, 0.25) is 0 Å². The number of ether oxygens (including phenoxy) is 2. The number of fused-ring (bicyclic) bond motifs is 1. The summed E-state index contributed by atoms with van der Waals surface area (Å²) < 4.78 is 11.9. The average Bonchev–Trinajstić information content (AvgIpc) is 3.33. The van der Waals surface area contributed by atoms with E-state index in [0.717, 1.165) is 20.4 Å². The van der Waals surface area contributed by atoms with Crippen molar-refractivity contribution in [1.82, 2.24) is 9.97 Å². The molecule has 0 saturated heterocycles. The van der Waals surface area contributed by atoms with Gasteiger partial charge in [-0.05, 0) is 31.2 Å². The highest BCUT2D eigenvalue weighted by molar-refractivity contribution is 9.10. The summed E-state index contributed by atoms with van der Waals surface area (Å²) in [5.74, 6) is 0.443.